The highest BCUT2D eigenvalue weighted by molar-refractivity contribution is 7.50. The number of rotatable bonds is 0. The second kappa shape index (κ2) is 4.89. The number of hydrogen-bond acceptors (Lipinski definition) is 4. The predicted octanol–water partition coefficient (Wildman–Crippen LogP) is 1.94. The van der Waals surface area contributed by atoms with E-state index in [4.69, 9.17) is 0 Å². The molecule has 6 heterocycles. The van der Waals surface area contributed by atoms with Crippen molar-refractivity contribution >= 4 is 8.37 Å². The Morgan fingerprint density at radius 1 is 0.600 bits per heavy atom. The third kappa shape index (κ3) is 1.85. The second-order valence-corrected chi connectivity index (χ2v) is 9.44. The molecular formula is C15H27N4P. The quantitative estimate of drug-likeness (QED) is 0.633. The highest BCUT2D eigenvalue weighted by atomic mass is 31.2. The van der Waals surface area contributed by atoms with Crippen LogP contribution >= 0.6 is 8.37 Å². The molecule has 0 radical (unpaired) electrons. The van der Waals surface area contributed by atoms with Gasteiger partial charge in [-0.3, -0.25) is 18.9 Å². The molecule has 0 amide bonds. The van der Waals surface area contributed by atoms with Crippen LogP contribution < -0.4 is 0 Å². The van der Waals surface area contributed by atoms with Crippen molar-refractivity contribution in [2.24, 2.45) is 0 Å². The van der Waals surface area contributed by atoms with E-state index in [2.05, 4.69) is 18.9 Å². The van der Waals surface area contributed by atoms with Crippen LogP contribution in [0.5, 0.6) is 0 Å². The molecule has 6 aliphatic rings. The third-order valence-electron chi connectivity index (χ3n) is 6.13. The van der Waals surface area contributed by atoms with Crippen LogP contribution in [0, 0.1) is 0 Å². The smallest absolute Gasteiger partial charge is 0.121 e. The Balaban J connectivity index is 1.58. The van der Waals surface area contributed by atoms with Crippen molar-refractivity contribution in [3.05, 3.63) is 0 Å². The van der Waals surface area contributed by atoms with Crippen LogP contribution in [0.3, 0.4) is 0 Å². The summed E-state index contributed by atoms with van der Waals surface area (Å²) in [6, 6.07) is 2.60. The molecule has 6 fully saturated rings. The summed E-state index contributed by atoms with van der Waals surface area (Å²) >= 11 is 0. The molecule has 0 spiro atoms. The van der Waals surface area contributed by atoms with Crippen LogP contribution in [0.1, 0.15) is 38.5 Å². The maximum absolute atomic E-state index is 2.96. The van der Waals surface area contributed by atoms with Crippen molar-refractivity contribution in [2.45, 2.75) is 56.7 Å². The van der Waals surface area contributed by atoms with Gasteiger partial charge in [0.05, 0.1) is 0 Å². The first kappa shape index (κ1) is 12.8. The van der Waals surface area contributed by atoms with E-state index in [0.29, 0.717) is 0 Å². The molecule has 0 aromatic rings. The van der Waals surface area contributed by atoms with Gasteiger partial charge < -0.3 is 0 Å². The van der Waals surface area contributed by atoms with E-state index in [1.54, 1.807) is 0 Å². The van der Waals surface area contributed by atoms with Crippen molar-refractivity contribution in [1.82, 2.24) is 18.9 Å². The van der Waals surface area contributed by atoms with Gasteiger partial charge in [-0.25, -0.2) is 0 Å². The van der Waals surface area contributed by atoms with Crippen LogP contribution in [0.2, 0.25) is 0 Å². The maximum atomic E-state index is 2.96. The number of nitrogens with zero attached hydrogens (tertiary/aromatic N) is 4. The van der Waals surface area contributed by atoms with Crippen molar-refractivity contribution in [1.29, 1.82) is 0 Å². The Morgan fingerprint density at radius 3 is 1.40 bits per heavy atom. The summed E-state index contributed by atoms with van der Waals surface area (Å²) in [5.41, 5.74) is 0. The summed E-state index contributed by atoms with van der Waals surface area (Å²) in [7, 11) is -0.125. The molecule has 4 nitrogen and oxygen atoms in total. The van der Waals surface area contributed by atoms with Crippen molar-refractivity contribution in [2.75, 3.05) is 39.3 Å². The van der Waals surface area contributed by atoms with Crippen LogP contribution in [0.4, 0.5) is 0 Å². The molecule has 0 aromatic heterocycles. The van der Waals surface area contributed by atoms with Crippen LogP contribution in [-0.2, 0) is 0 Å². The summed E-state index contributed by atoms with van der Waals surface area (Å²) in [6.07, 6.45) is 8.67. The largest absolute Gasteiger partial charge is 0.299 e. The molecule has 6 saturated heterocycles. The average molecular weight is 294 g/mol. The Hall–Kier alpha value is 0.270. The minimum absolute atomic E-state index is 0.125. The van der Waals surface area contributed by atoms with Gasteiger partial charge in [-0.15, -0.1) is 0 Å². The molecule has 0 unspecified atom stereocenters. The highest BCUT2D eigenvalue weighted by Crippen LogP contribution is 2.59. The number of hydrogen-bond donors (Lipinski definition) is 0. The van der Waals surface area contributed by atoms with Gasteiger partial charge >= 0.3 is 0 Å². The SMILES string of the molecule is C1C[C@H]2CN3C[C@@H]4CCCN4P(N2C1)N1CCC[C@H]1C3. The maximum Gasteiger partial charge on any atom is 0.121 e. The van der Waals surface area contributed by atoms with Gasteiger partial charge in [0, 0.05) is 57.4 Å². The minimum Gasteiger partial charge on any atom is -0.299 e. The zero-order chi connectivity index (χ0) is 13.1. The van der Waals surface area contributed by atoms with Gasteiger partial charge in [0.25, 0.3) is 0 Å². The molecule has 0 aliphatic carbocycles. The van der Waals surface area contributed by atoms with Crippen molar-refractivity contribution < 1.29 is 0 Å². The van der Waals surface area contributed by atoms with Gasteiger partial charge in [-0.1, -0.05) is 0 Å². The van der Waals surface area contributed by atoms with E-state index in [1.165, 1.54) is 77.8 Å². The molecule has 5 heteroatoms. The third-order valence-corrected chi connectivity index (χ3v) is 9.09. The van der Waals surface area contributed by atoms with Gasteiger partial charge in [-0.2, -0.15) is 0 Å². The molecule has 112 valence electrons. The van der Waals surface area contributed by atoms with E-state index in [1.807, 2.05) is 0 Å². The summed E-state index contributed by atoms with van der Waals surface area (Å²) in [5.74, 6) is 0. The highest BCUT2D eigenvalue weighted by Gasteiger charge is 2.50. The van der Waals surface area contributed by atoms with E-state index in [0.717, 1.165) is 18.1 Å². The molecule has 0 aromatic carbocycles. The van der Waals surface area contributed by atoms with Gasteiger partial charge in [0.15, 0.2) is 0 Å². The first-order chi connectivity index (χ1) is 9.90. The molecule has 20 heavy (non-hydrogen) atoms. The lowest BCUT2D eigenvalue weighted by Gasteiger charge is -2.53. The summed E-state index contributed by atoms with van der Waals surface area (Å²) in [4.78, 5) is 2.85. The topological polar surface area (TPSA) is 13.0 Å². The Labute approximate surface area is 124 Å². The fourth-order valence-corrected chi connectivity index (χ4v) is 8.57. The zero-order valence-electron chi connectivity index (χ0n) is 12.5. The first-order valence-corrected chi connectivity index (χ1v) is 9.92. The van der Waals surface area contributed by atoms with Gasteiger partial charge in [0.2, 0.25) is 0 Å². The summed E-state index contributed by atoms with van der Waals surface area (Å²) < 4.78 is 8.87. The minimum atomic E-state index is -0.125. The van der Waals surface area contributed by atoms with Crippen molar-refractivity contribution in [3.8, 4) is 0 Å². The molecule has 0 N–H and O–H groups in total. The normalized spacial score (nSPS) is 49.5. The fraction of sp³-hybridized carbons (Fsp3) is 1.00. The van der Waals surface area contributed by atoms with E-state index >= 15 is 0 Å². The molecule has 2 bridgehead atoms. The molecule has 6 rings (SSSR count). The Bertz CT molecular complexity index is 335. The molecule has 3 atom stereocenters. The lowest BCUT2D eigenvalue weighted by atomic mass is 10.1. The van der Waals surface area contributed by atoms with Crippen LogP contribution in [0.25, 0.3) is 0 Å². The predicted molar refractivity (Wildman–Crippen MR) is 82.5 cm³/mol. The Morgan fingerprint density at radius 2 is 1.00 bits per heavy atom. The van der Waals surface area contributed by atoms with Crippen LogP contribution in [0.15, 0.2) is 0 Å². The van der Waals surface area contributed by atoms with Gasteiger partial charge in [-0.05, 0) is 38.5 Å². The lowest BCUT2D eigenvalue weighted by molar-refractivity contribution is 0.112. The fourth-order valence-electron chi connectivity index (χ4n) is 5.29. The van der Waals surface area contributed by atoms with E-state index in [-0.39, 0.29) is 8.37 Å². The standard InChI is InChI=1S/C15H27N4P/c1-4-13-10-16-11-14-5-2-8-18(14)20(17(13)7-1)19-9-3-6-15(19)12-16/h13-15H,1-12H2/t13-,14-,15-/m0/s1. The first-order valence-electron chi connectivity index (χ1n) is 8.72. The monoisotopic (exact) mass is 294 g/mol. The van der Waals surface area contributed by atoms with E-state index in [9.17, 15) is 0 Å². The second-order valence-electron chi connectivity index (χ2n) is 7.36. The van der Waals surface area contributed by atoms with E-state index < -0.39 is 0 Å². The average Bonchev–Trinajstić information content (AvgIpc) is 3.12. The lowest BCUT2D eigenvalue weighted by Crippen LogP contribution is -2.57. The van der Waals surface area contributed by atoms with Crippen molar-refractivity contribution in [3.63, 3.8) is 0 Å². The Kier molecular flexibility index (Phi) is 3.12. The van der Waals surface area contributed by atoms with Gasteiger partial charge in [0.1, 0.15) is 8.37 Å². The molecule has 0 saturated carbocycles. The zero-order valence-corrected chi connectivity index (χ0v) is 13.3. The molecular weight excluding hydrogens is 267 g/mol. The summed E-state index contributed by atoms with van der Waals surface area (Å²) in [5, 5.41) is 0. The molecule has 6 aliphatic heterocycles. The summed E-state index contributed by atoms with van der Waals surface area (Å²) in [6.45, 7) is 8.22. The van der Waals surface area contributed by atoms with Crippen LogP contribution in [-0.4, -0.2) is 76.3 Å².